The molecule has 0 aromatic heterocycles. The lowest BCUT2D eigenvalue weighted by Gasteiger charge is -2.35. The monoisotopic (exact) mass is 434 g/mol. The molecule has 32 heavy (non-hydrogen) atoms. The molecular weight excluding hydrogens is 404 g/mol. The Balaban J connectivity index is 1.45. The van der Waals surface area contributed by atoms with Crippen LogP contribution in [0.4, 0.5) is 5.69 Å². The van der Waals surface area contributed by atoms with Gasteiger partial charge in [-0.25, -0.2) is 0 Å². The van der Waals surface area contributed by atoms with Crippen molar-refractivity contribution in [2.45, 2.75) is 26.3 Å². The molecule has 0 radical (unpaired) electrons. The number of imide groups is 1. The quantitative estimate of drug-likeness (QED) is 0.679. The maximum atomic E-state index is 12.8. The molecule has 7 heteroatoms. The Morgan fingerprint density at radius 2 is 1.69 bits per heavy atom. The second-order valence-electron chi connectivity index (χ2n) is 8.48. The van der Waals surface area contributed by atoms with Gasteiger partial charge in [0, 0.05) is 50.5 Å². The molecule has 0 saturated carbocycles. The number of benzene rings is 2. The van der Waals surface area contributed by atoms with Crippen LogP contribution in [-0.4, -0.2) is 67.3 Å². The van der Waals surface area contributed by atoms with Gasteiger partial charge in [0.2, 0.25) is 0 Å². The second-order valence-corrected chi connectivity index (χ2v) is 8.48. The maximum absolute atomic E-state index is 12.8. The molecule has 1 fully saturated rings. The number of amides is 3. The summed E-state index contributed by atoms with van der Waals surface area (Å²) in [6.45, 7) is 6.76. The van der Waals surface area contributed by atoms with Crippen molar-refractivity contribution in [1.82, 2.24) is 15.1 Å². The van der Waals surface area contributed by atoms with E-state index >= 15 is 0 Å². The number of piperazine rings is 1. The Morgan fingerprint density at radius 1 is 0.969 bits per heavy atom. The van der Waals surface area contributed by atoms with Gasteiger partial charge < -0.3 is 15.1 Å². The minimum atomic E-state index is -0.312. The smallest absolute Gasteiger partial charge is 0.261 e. The Labute approximate surface area is 189 Å². The standard InChI is InChI=1S/C25H30N4O3/c1-3-4-11-29-24(31)20-10-9-18(16-21(20)25(29)32)23(30)26-17-19-7-5-6-8-22(19)28-14-12-27(2)13-15-28/h5-10,16H,3-4,11-15,17H2,1-2H3,(H,26,30). The fourth-order valence-electron chi connectivity index (χ4n) is 4.25. The maximum Gasteiger partial charge on any atom is 0.261 e. The average molecular weight is 435 g/mol. The highest BCUT2D eigenvalue weighted by Gasteiger charge is 2.35. The van der Waals surface area contributed by atoms with Crippen molar-refractivity contribution in [2.24, 2.45) is 0 Å². The zero-order valence-corrected chi connectivity index (χ0v) is 18.8. The van der Waals surface area contributed by atoms with E-state index in [4.69, 9.17) is 0 Å². The third kappa shape index (κ3) is 4.39. The number of rotatable bonds is 7. The molecule has 0 atom stereocenters. The molecule has 0 spiro atoms. The summed E-state index contributed by atoms with van der Waals surface area (Å²) in [5, 5.41) is 2.98. The summed E-state index contributed by atoms with van der Waals surface area (Å²) < 4.78 is 0. The van der Waals surface area contributed by atoms with E-state index in [1.807, 2.05) is 25.1 Å². The van der Waals surface area contributed by atoms with E-state index in [2.05, 4.69) is 28.2 Å². The number of hydrogen-bond acceptors (Lipinski definition) is 5. The largest absolute Gasteiger partial charge is 0.369 e. The van der Waals surface area contributed by atoms with Gasteiger partial charge in [-0.05, 0) is 43.3 Å². The highest BCUT2D eigenvalue weighted by molar-refractivity contribution is 6.22. The van der Waals surface area contributed by atoms with Crippen LogP contribution in [0.2, 0.25) is 0 Å². The number of unbranched alkanes of at least 4 members (excludes halogenated alkanes) is 1. The Morgan fingerprint density at radius 3 is 2.44 bits per heavy atom. The number of anilines is 1. The van der Waals surface area contributed by atoms with Crippen molar-refractivity contribution < 1.29 is 14.4 Å². The van der Waals surface area contributed by atoms with Gasteiger partial charge in [-0.3, -0.25) is 19.3 Å². The summed E-state index contributed by atoms with van der Waals surface area (Å²) >= 11 is 0. The van der Waals surface area contributed by atoms with E-state index in [1.54, 1.807) is 18.2 Å². The van der Waals surface area contributed by atoms with Crippen molar-refractivity contribution in [3.05, 3.63) is 64.7 Å². The lowest BCUT2D eigenvalue weighted by molar-refractivity contribution is 0.0652. The van der Waals surface area contributed by atoms with E-state index in [1.165, 1.54) is 4.90 Å². The molecule has 2 aromatic carbocycles. The zero-order chi connectivity index (χ0) is 22.7. The summed E-state index contributed by atoms with van der Waals surface area (Å²) in [5.74, 6) is -0.840. The van der Waals surface area contributed by atoms with E-state index in [-0.39, 0.29) is 17.7 Å². The van der Waals surface area contributed by atoms with E-state index < -0.39 is 0 Å². The van der Waals surface area contributed by atoms with Crippen molar-refractivity contribution >= 4 is 23.4 Å². The fraction of sp³-hybridized carbons (Fsp3) is 0.400. The fourth-order valence-corrected chi connectivity index (χ4v) is 4.25. The van der Waals surface area contributed by atoms with Crippen LogP contribution in [0.5, 0.6) is 0 Å². The molecule has 7 nitrogen and oxygen atoms in total. The van der Waals surface area contributed by atoms with Gasteiger partial charge in [0.1, 0.15) is 0 Å². The summed E-state index contributed by atoms with van der Waals surface area (Å²) in [6, 6.07) is 12.9. The van der Waals surface area contributed by atoms with Crippen LogP contribution >= 0.6 is 0 Å². The number of para-hydroxylation sites is 1. The highest BCUT2D eigenvalue weighted by Crippen LogP contribution is 2.25. The predicted molar refractivity (Wildman–Crippen MR) is 124 cm³/mol. The van der Waals surface area contributed by atoms with Crippen molar-refractivity contribution in [3.63, 3.8) is 0 Å². The SMILES string of the molecule is CCCCN1C(=O)c2ccc(C(=O)NCc3ccccc3N3CCN(C)CC3)cc2C1=O. The van der Waals surface area contributed by atoms with Gasteiger partial charge in [0.15, 0.2) is 0 Å². The lowest BCUT2D eigenvalue weighted by Crippen LogP contribution is -2.45. The van der Waals surface area contributed by atoms with Crippen molar-refractivity contribution in [3.8, 4) is 0 Å². The number of nitrogens with zero attached hydrogens (tertiary/aromatic N) is 3. The summed E-state index contributed by atoms with van der Waals surface area (Å²) in [4.78, 5) is 44.0. The third-order valence-electron chi connectivity index (χ3n) is 6.24. The molecule has 1 N–H and O–H groups in total. The molecule has 4 rings (SSSR count). The number of likely N-dealkylation sites (N-methyl/N-ethyl adjacent to an activating group) is 1. The number of carbonyl (C=O) groups excluding carboxylic acids is 3. The molecule has 0 aliphatic carbocycles. The van der Waals surface area contributed by atoms with Gasteiger partial charge in [-0.2, -0.15) is 0 Å². The molecule has 2 aliphatic heterocycles. The lowest BCUT2D eigenvalue weighted by atomic mass is 10.0. The summed E-state index contributed by atoms with van der Waals surface area (Å²) in [6.07, 6.45) is 1.67. The normalized spacial score (nSPS) is 16.4. The number of carbonyl (C=O) groups is 3. The van der Waals surface area contributed by atoms with Crippen LogP contribution < -0.4 is 10.2 Å². The van der Waals surface area contributed by atoms with E-state index in [9.17, 15) is 14.4 Å². The minimum absolute atomic E-state index is 0.256. The van der Waals surface area contributed by atoms with Crippen LogP contribution in [-0.2, 0) is 6.54 Å². The Kier molecular flexibility index (Phi) is 6.55. The van der Waals surface area contributed by atoms with Crippen molar-refractivity contribution in [2.75, 3.05) is 44.7 Å². The first-order chi connectivity index (χ1) is 15.5. The first kappa shape index (κ1) is 22.0. The molecule has 2 aliphatic rings. The van der Waals surface area contributed by atoms with E-state index in [0.29, 0.717) is 29.8 Å². The van der Waals surface area contributed by atoms with Gasteiger partial charge >= 0.3 is 0 Å². The van der Waals surface area contributed by atoms with Crippen molar-refractivity contribution in [1.29, 1.82) is 0 Å². The zero-order valence-electron chi connectivity index (χ0n) is 18.8. The third-order valence-corrected chi connectivity index (χ3v) is 6.24. The predicted octanol–water partition coefficient (Wildman–Crippen LogP) is 2.76. The molecule has 3 amide bonds. The summed E-state index contributed by atoms with van der Waals surface area (Å²) in [7, 11) is 2.13. The number of nitrogens with one attached hydrogen (secondary N) is 1. The van der Waals surface area contributed by atoms with Crippen LogP contribution in [0.1, 0.15) is 56.4 Å². The highest BCUT2D eigenvalue weighted by atomic mass is 16.2. The van der Waals surface area contributed by atoms with E-state index in [0.717, 1.165) is 50.3 Å². The molecule has 168 valence electrons. The Hall–Kier alpha value is -3.19. The van der Waals surface area contributed by atoms with Gasteiger partial charge in [-0.15, -0.1) is 0 Å². The van der Waals surface area contributed by atoms with Crippen LogP contribution in [0.15, 0.2) is 42.5 Å². The van der Waals surface area contributed by atoms with Crippen LogP contribution in [0.3, 0.4) is 0 Å². The van der Waals surface area contributed by atoms with Crippen LogP contribution in [0, 0.1) is 0 Å². The molecule has 2 aromatic rings. The number of fused-ring (bicyclic) bond motifs is 1. The van der Waals surface area contributed by atoms with Gasteiger partial charge in [0.25, 0.3) is 17.7 Å². The van der Waals surface area contributed by atoms with Gasteiger partial charge in [0.05, 0.1) is 11.1 Å². The minimum Gasteiger partial charge on any atom is -0.369 e. The molecule has 0 bridgehead atoms. The Bertz CT molecular complexity index is 1030. The number of hydrogen-bond donors (Lipinski definition) is 1. The molecule has 2 heterocycles. The topological polar surface area (TPSA) is 73.0 Å². The first-order valence-electron chi connectivity index (χ1n) is 11.3. The molecule has 0 unspecified atom stereocenters. The summed E-state index contributed by atoms with van der Waals surface area (Å²) in [5.41, 5.74) is 3.28. The first-order valence-corrected chi connectivity index (χ1v) is 11.3. The second kappa shape index (κ2) is 9.53. The van der Waals surface area contributed by atoms with Crippen LogP contribution in [0.25, 0.3) is 0 Å². The molecule has 1 saturated heterocycles. The molecular formula is C25H30N4O3. The van der Waals surface area contributed by atoms with Gasteiger partial charge in [-0.1, -0.05) is 31.5 Å². The average Bonchev–Trinajstić information content (AvgIpc) is 3.06.